The first-order chi connectivity index (χ1) is 9.69. The van der Waals surface area contributed by atoms with Gasteiger partial charge in [0.25, 0.3) is 0 Å². The Morgan fingerprint density at radius 2 is 1.55 bits per heavy atom. The summed E-state index contributed by atoms with van der Waals surface area (Å²) in [5.74, 6) is 3.08. The second-order valence-electron chi connectivity index (χ2n) is 6.04. The van der Waals surface area contributed by atoms with E-state index in [0.29, 0.717) is 11.8 Å². The van der Waals surface area contributed by atoms with Crippen LogP contribution in [0.2, 0.25) is 0 Å². The highest BCUT2D eigenvalue weighted by Crippen LogP contribution is 2.13. The third-order valence-corrected chi connectivity index (χ3v) is 3.81. The number of aromatic nitrogens is 3. The van der Waals surface area contributed by atoms with E-state index >= 15 is 0 Å². The smallest absolute Gasteiger partial charge is 0.147 e. The highest BCUT2D eigenvalue weighted by atomic mass is 35.5. The van der Waals surface area contributed by atoms with Gasteiger partial charge in [0.1, 0.15) is 11.6 Å². The zero-order valence-electron chi connectivity index (χ0n) is 13.4. The molecule has 0 aromatic carbocycles. The van der Waals surface area contributed by atoms with Crippen LogP contribution in [0.1, 0.15) is 77.4 Å². The summed E-state index contributed by atoms with van der Waals surface area (Å²) in [5, 5.41) is 8.52. The van der Waals surface area contributed by atoms with Crippen LogP contribution in [0.15, 0.2) is 0 Å². The molecule has 0 fully saturated rings. The van der Waals surface area contributed by atoms with Crippen molar-refractivity contribution in [1.82, 2.24) is 14.8 Å². The molecule has 1 aromatic heterocycles. The van der Waals surface area contributed by atoms with Gasteiger partial charge in [-0.1, -0.05) is 59.3 Å². The molecule has 1 heterocycles. The van der Waals surface area contributed by atoms with E-state index in [1.165, 1.54) is 44.9 Å². The fourth-order valence-corrected chi connectivity index (χ4v) is 2.67. The lowest BCUT2D eigenvalue weighted by Crippen LogP contribution is -2.11. The molecular weight excluding hydrogens is 270 g/mol. The number of halogens is 1. The number of unbranched alkanes of at least 4 members (excludes halogenated alkanes) is 6. The van der Waals surface area contributed by atoms with Crippen molar-refractivity contribution < 1.29 is 0 Å². The van der Waals surface area contributed by atoms with Crippen LogP contribution in [0, 0.1) is 5.92 Å². The standard InChI is InChI=1S/C16H30ClN3/c1-4-5-6-7-8-9-10-11-15-18-19-16(12-17)20(15)13-14(2)3/h14H,4-13H2,1-3H3. The number of aryl methyl sites for hydroxylation is 1. The van der Waals surface area contributed by atoms with Crippen molar-refractivity contribution in [3.05, 3.63) is 11.6 Å². The van der Waals surface area contributed by atoms with Crippen molar-refractivity contribution in [2.45, 2.75) is 84.6 Å². The van der Waals surface area contributed by atoms with E-state index in [-0.39, 0.29) is 0 Å². The molecule has 1 rings (SSSR count). The number of hydrogen-bond donors (Lipinski definition) is 0. The lowest BCUT2D eigenvalue weighted by molar-refractivity contribution is 0.490. The van der Waals surface area contributed by atoms with Gasteiger partial charge in [-0.2, -0.15) is 0 Å². The Kier molecular flexibility index (Phi) is 8.92. The predicted octanol–water partition coefficient (Wildman–Crippen LogP) is 4.97. The van der Waals surface area contributed by atoms with Gasteiger partial charge in [0.15, 0.2) is 0 Å². The first-order valence-corrected chi connectivity index (χ1v) is 8.69. The van der Waals surface area contributed by atoms with E-state index in [0.717, 1.165) is 24.6 Å². The van der Waals surface area contributed by atoms with Crippen molar-refractivity contribution in [1.29, 1.82) is 0 Å². The van der Waals surface area contributed by atoms with Crippen molar-refractivity contribution in [3.8, 4) is 0 Å². The second kappa shape index (κ2) is 10.2. The van der Waals surface area contributed by atoms with Crippen molar-refractivity contribution in [2.24, 2.45) is 5.92 Å². The van der Waals surface area contributed by atoms with Crippen molar-refractivity contribution in [3.63, 3.8) is 0 Å². The van der Waals surface area contributed by atoms with E-state index in [2.05, 4.69) is 35.5 Å². The fourth-order valence-electron chi connectivity index (χ4n) is 2.47. The topological polar surface area (TPSA) is 30.7 Å². The minimum Gasteiger partial charge on any atom is -0.314 e. The molecule has 0 atom stereocenters. The van der Waals surface area contributed by atoms with Gasteiger partial charge in [-0.3, -0.25) is 0 Å². The second-order valence-corrected chi connectivity index (χ2v) is 6.31. The first kappa shape index (κ1) is 17.5. The summed E-state index contributed by atoms with van der Waals surface area (Å²) in [6.07, 6.45) is 10.3. The molecule has 0 bridgehead atoms. The molecule has 116 valence electrons. The zero-order valence-corrected chi connectivity index (χ0v) is 14.1. The maximum absolute atomic E-state index is 5.94. The first-order valence-electron chi connectivity index (χ1n) is 8.16. The summed E-state index contributed by atoms with van der Waals surface area (Å²) in [6.45, 7) is 7.67. The molecule has 0 amide bonds. The predicted molar refractivity (Wildman–Crippen MR) is 86.1 cm³/mol. The molecule has 0 saturated heterocycles. The molecule has 0 aliphatic carbocycles. The Bertz CT molecular complexity index is 361. The van der Waals surface area contributed by atoms with Crippen LogP contribution in [-0.2, 0) is 18.8 Å². The van der Waals surface area contributed by atoms with E-state index in [1.54, 1.807) is 0 Å². The average Bonchev–Trinajstić information content (AvgIpc) is 2.79. The van der Waals surface area contributed by atoms with Crippen LogP contribution in [0.3, 0.4) is 0 Å². The van der Waals surface area contributed by atoms with Gasteiger partial charge in [-0.15, -0.1) is 21.8 Å². The molecule has 0 radical (unpaired) electrons. The average molecular weight is 300 g/mol. The van der Waals surface area contributed by atoms with E-state index in [9.17, 15) is 0 Å². The number of alkyl halides is 1. The van der Waals surface area contributed by atoms with Gasteiger partial charge >= 0.3 is 0 Å². The minimum atomic E-state index is 0.455. The maximum Gasteiger partial charge on any atom is 0.147 e. The van der Waals surface area contributed by atoms with Gasteiger partial charge in [-0.05, 0) is 12.3 Å². The summed E-state index contributed by atoms with van der Waals surface area (Å²) < 4.78 is 2.22. The van der Waals surface area contributed by atoms with Gasteiger partial charge in [0, 0.05) is 13.0 Å². The van der Waals surface area contributed by atoms with Crippen LogP contribution in [0.25, 0.3) is 0 Å². The molecule has 1 aromatic rings. The number of hydrogen-bond acceptors (Lipinski definition) is 2. The molecule has 0 spiro atoms. The number of rotatable bonds is 11. The van der Waals surface area contributed by atoms with Crippen molar-refractivity contribution in [2.75, 3.05) is 0 Å². The van der Waals surface area contributed by atoms with Gasteiger partial charge < -0.3 is 4.57 Å². The monoisotopic (exact) mass is 299 g/mol. The summed E-state index contributed by atoms with van der Waals surface area (Å²) in [4.78, 5) is 0. The van der Waals surface area contributed by atoms with Gasteiger partial charge in [0.2, 0.25) is 0 Å². The van der Waals surface area contributed by atoms with Crippen LogP contribution in [-0.4, -0.2) is 14.8 Å². The minimum absolute atomic E-state index is 0.455. The van der Waals surface area contributed by atoms with Crippen molar-refractivity contribution >= 4 is 11.6 Å². The van der Waals surface area contributed by atoms with Crippen LogP contribution in [0.4, 0.5) is 0 Å². The summed E-state index contributed by atoms with van der Waals surface area (Å²) in [6, 6.07) is 0. The Labute approximate surface area is 129 Å². The lowest BCUT2D eigenvalue weighted by atomic mass is 10.1. The fraction of sp³-hybridized carbons (Fsp3) is 0.875. The van der Waals surface area contributed by atoms with Gasteiger partial charge in [0.05, 0.1) is 5.88 Å². The largest absolute Gasteiger partial charge is 0.314 e. The van der Waals surface area contributed by atoms with E-state index in [4.69, 9.17) is 11.6 Å². The normalized spacial score (nSPS) is 11.4. The molecular formula is C16H30ClN3. The highest BCUT2D eigenvalue weighted by molar-refractivity contribution is 6.16. The van der Waals surface area contributed by atoms with Crippen LogP contribution >= 0.6 is 11.6 Å². The quantitative estimate of drug-likeness (QED) is 0.427. The zero-order chi connectivity index (χ0) is 14.8. The summed E-state index contributed by atoms with van der Waals surface area (Å²) in [5.41, 5.74) is 0. The third kappa shape index (κ3) is 6.25. The molecule has 0 aliphatic heterocycles. The maximum atomic E-state index is 5.94. The highest BCUT2D eigenvalue weighted by Gasteiger charge is 2.11. The Morgan fingerprint density at radius 3 is 2.15 bits per heavy atom. The Hall–Kier alpha value is -0.570. The summed E-state index contributed by atoms with van der Waals surface area (Å²) >= 11 is 5.94. The van der Waals surface area contributed by atoms with Gasteiger partial charge in [-0.25, -0.2) is 0 Å². The third-order valence-electron chi connectivity index (χ3n) is 3.58. The molecule has 4 heteroatoms. The molecule has 3 nitrogen and oxygen atoms in total. The van der Waals surface area contributed by atoms with E-state index in [1.807, 2.05) is 0 Å². The lowest BCUT2D eigenvalue weighted by Gasteiger charge is -2.11. The molecule has 0 N–H and O–H groups in total. The summed E-state index contributed by atoms with van der Waals surface area (Å²) in [7, 11) is 0. The van der Waals surface area contributed by atoms with Crippen LogP contribution in [0.5, 0.6) is 0 Å². The molecule has 0 aliphatic rings. The SMILES string of the molecule is CCCCCCCCCc1nnc(CCl)n1CC(C)C. The van der Waals surface area contributed by atoms with Crippen LogP contribution < -0.4 is 0 Å². The molecule has 20 heavy (non-hydrogen) atoms. The van der Waals surface area contributed by atoms with E-state index < -0.39 is 0 Å². The molecule has 0 saturated carbocycles. The Balaban J connectivity index is 2.34. The molecule has 0 unspecified atom stereocenters. The Morgan fingerprint density at radius 1 is 0.950 bits per heavy atom. The number of nitrogens with zero attached hydrogens (tertiary/aromatic N) is 3.